The Hall–Kier alpha value is -1.82. The van der Waals surface area contributed by atoms with Gasteiger partial charge in [-0.2, -0.15) is 0 Å². The molecule has 2 rings (SSSR count). The van der Waals surface area contributed by atoms with Gasteiger partial charge in [-0.15, -0.1) is 0 Å². The summed E-state index contributed by atoms with van der Waals surface area (Å²) in [6.45, 7) is 8.23. The summed E-state index contributed by atoms with van der Waals surface area (Å²) in [5.74, 6) is 0.101. The van der Waals surface area contributed by atoms with Gasteiger partial charge in [-0.3, -0.25) is 4.98 Å². The van der Waals surface area contributed by atoms with Gasteiger partial charge in [-0.25, -0.2) is 0 Å². The van der Waals surface area contributed by atoms with Crippen molar-refractivity contribution in [2.45, 2.75) is 33.3 Å². The summed E-state index contributed by atoms with van der Waals surface area (Å²) in [5.41, 5.74) is 9.19. The van der Waals surface area contributed by atoms with Crippen LogP contribution in [0, 0.1) is 13.8 Å². The highest BCUT2D eigenvalue weighted by Gasteiger charge is 2.24. The van der Waals surface area contributed by atoms with E-state index in [1.807, 2.05) is 19.9 Å². The maximum atomic E-state index is 8.99. The average Bonchev–Trinajstić information content (AvgIpc) is 2.45. The van der Waals surface area contributed by atoms with Crippen LogP contribution in [0.4, 0.5) is 5.69 Å². The molecule has 1 aromatic rings. The molecule has 1 atom stereocenters. The summed E-state index contributed by atoms with van der Waals surface area (Å²) >= 11 is 0. The molecule has 0 radical (unpaired) electrons. The van der Waals surface area contributed by atoms with Crippen LogP contribution in [-0.4, -0.2) is 41.8 Å². The van der Waals surface area contributed by atoms with Gasteiger partial charge in [0, 0.05) is 18.8 Å². The minimum absolute atomic E-state index is 0.101. The quantitative estimate of drug-likeness (QED) is 0.378. The number of amidine groups is 1. The van der Waals surface area contributed by atoms with Crippen LogP contribution in [0.25, 0.3) is 0 Å². The van der Waals surface area contributed by atoms with Crippen molar-refractivity contribution in [3.63, 3.8) is 0 Å². The van der Waals surface area contributed by atoms with Crippen LogP contribution < -0.4 is 10.6 Å². The molecular weight excluding hydrogens is 256 g/mol. The molecule has 0 aliphatic carbocycles. The number of morpholine rings is 1. The molecule has 1 aliphatic heterocycles. The lowest BCUT2D eigenvalue weighted by molar-refractivity contribution is 0.0384. The van der Waals surface area contributed by atoms with Crippen molar-refractivity contribution in [2.24, 2.45) is 10.9 Å². The molecule has 1 aromatic heterocycles. The summed E-state index contributed by atoms with van der Waals surface area (Å²) in [4.78, 5) is 6.64. The van der Waals surface area contributed by atoms with Gasteiger partial charge in [0.05, 0.1) is 29.7 Å². The first-order valence-corrected chi connectivity index (χ1v) is 6.89. The van der Waals surface area contributed by atoms with E-state index in [1.165, 1.54) is 0 Å². The SMILES string of the molecule is CCC1CN(c2cc(C)nc(C)c2/C(N)=N/O)CCO1. The van der Waals surface area contributed by atoms with Crippen molar-refractivity contribution in [2.75, 3.05) is 24.6 Å². The number of aromatic nitrogens is 1. The molecule has 1 fully saturated rings. The number of hydrogen-bond acceptors (Lipinski definition) is 5. The topological polar surface area (TPSA) is 84.0 Å². The molecule has 110 valence electrons. The summed E-state index contributed by atoms with van der Waals surface area (Å²) in [6, 6.07) is 1.98. The summed E-state index contributed by atoms with van der Waals surface area (Å²) in [7, 11) is 0. The van der Waals surface area contributed by atoms with Gasteiger partial charge >= 0.3 is 0 Å². The number of ether oxygens (including phenoxy) is 1. The van der Waals surface area contributed by atoms with Gasteiger partial charge in [-0.05, 0) is 26.3 Å². The van der Waals surface area contributed by atoms with E-state index in [0.717, 1.165) is 36.6 Å². The number of hydrogen-bond donors (Lipinski definition) is 2. The van der Waals surface area contributed by atoms with E-state index in [2.05, 4.69) is 22.0 Å². The molecule has 6 heteroatoms. The fraction of sp³-hybridized carbons (Fsp3) is 0.571. The standard InChI is InChI=1S/C14H22N4O2/c1-4-11-8-18(5-6-20-11)12-7-9(2)16-10(3)13(12)14(15)17-19/h7,11,19H,4-6,8H2,1-3H3,(H2,15,17). The number of nitrogens with zero attached hydrogens (tertiary/aromatic N) is 3. The van der Waals surface area contributed by atoms with Gasteiger partial charge in [0.1, 0.15) is 0 Å². The van der Waals surface area contributed by atoms with Gasteiger partial charge in [0.15, 0.2) is 5.84 Å². The Bertz CT molecular complexity index is 516. The van der Waals surface area contributed by atoms with E-state index < -0.39 is 0 Å². The zero-order valence-electron chi connectivity index (χ0n) is 12.3. The Balaban J connectivity index is 2.44. The third-order valence-corrected chi connectivity index (χ3v) is 3.61. The molecular formula is C14H22N4O2. The molecule has 1 aliphatic rings. The summed E-state index contributed by atoms with van der Waals surface area (Å²) < 4.78 is 5.70. The number of pyridine rings is 1. The molecule has 0 saturated carbocycles. The fourth-order valence-corrected chi connectivity index (χ4v) is 2.61. The number of rotatable bonds is 3. The Morgan fingerprint density at radius 2 is 2.35 bits per heavy atom. The molecule has 0 aromatic carbocycles. The van der Waals surface area contributed by atoms with Gasteiger partial charge in [0.25, 0.3) is 0 Å². The van der Waals surface area contributed by atoms with Crippen molar-refractivity contribution in [3.8, 4) is 0 Å². The van der Waals surface area contributed by atoms with Crippen molar-refractivity contribution >= 4 is 11.5 Å². The molecule has 1 unspecified atom stereocenters. The molecule has 0 amide bonds. The van der Waals surface area contributed by atoms with Crippen molar-refractivity contribution in [1.29, 1.82) is 0 Å². The first kappa shape index (κ1) is 14.6. The molecule has 6 nitrogen and oxygen atoms in total. The van der Waals surface area contributed by atoms with Crippen LogP contribution in [0.15, 0.2) is 11.2 Å². The lowest BCUT2D eigenvalue weighted by Gasteiger charge is -2.35. The number of nitrogens with two attached hydrogens (primary N) is 1. The Morgan fingerprint density at radius 3 is 3.00 bits per heavy atom. The van der Waals surface area contributed by atoms with E-state index >= 15 is 0 Å². The second-order valence-electron chi connectivity index (χ2n) is 5.08. The molecule has 3 N–H and O–H groups in total. The first-order valence-electron chi connectivity index (χ1n) is 6.89. The highest BCUT2D eigenvalue weighted by molar-refractivity contribution is 6.03. The monoisotopic (exact) mass is 278 g/mol. The van der Waals surface area contributed by atoms with Gasteiger partial charge in [-0.1, -0.05) is 12.1 Å². The van der Waals surface area contributed by atoms with E-state index in [-0.39, 0.29) is 11.9 Å². The number of oxime groups is 1. The van der Waals surface area contributed by atoms with Crippen LogP contribution in [0.1, 0.15) is 30.3 Å². The highest BCUT2D eigenvalue weighted by atomic mass is 16.5. The van der Waals surface area contributed by atoms with Crippen LogP contribution in [0.2, 0.25) is 0 Å². The second kappa shape index (κ2) is 6.09. The van der Waals surface area contributed by atoms with E-state index in [0.29, 0.717) is 12.2 Å². The van der Waals surface area contributed by atoms with Crippen LogP contribution in [0.5, 0.6) is 0 Å². The predicted molar refractivity (Wildman–Crippen MR) is 78.5 cm³/mol. The van der Waals surface area contributed by atoms with Crippen LogP contribution in [0.3, 0.4) is 0 Å². The molecule has 0 bridgehead atoms. The Labute approximate surface area is 119 Å². The lowest BCUT2D eigenvalue weighted by Crippen LogP contribution is -2.43. The van der Waals surface area contributed by atoms with Crippen molar-refractivity contribution in [3.05, 3.63) is 23.0 Å². The fourth-order valence-electron chi connectivity index (χ4n) is 2.61. The normalized spacial score (nSPS) is 20.2. The summed E-state index contributed by atoms with van der Waals surface area (Å²) in [6.07, 6.45) is 1.19. The number of anilines is 1. The van der Waals surface area contributed by atoms with Gasteiger partial charge in [0.2, 0.25) is 0 Å². The zero-order chi connectivity index (χ0) is 14.7. The summed E-state index contributed by atoms with van der Waals surface area (Å²) in [5, 5.41) is 12.1. The van der Waals surface area contributed by atoms with E-state index in [9.17, 15) is 0 Å². The maximum Gasteiger partial charge on any atom is 0.174 e. The highest BCUT2D eigenvalue weighted by Crippen LogP contribution is 2.26. The minimum atomic E-state index is 0.101. The predicted octanol–water partition coefficient (Wildman–Crippen LogP) is 1.41. The van der Waals surface area contributed by atoms with E-state index in [1.54, 1.807) is 0 Å². The molecule has 0 spiro atoms. The number of aryl methyl sites for hydroxylation is 2. The minimum Gasteiger partial charge on any atom is -0.409 e. The van der Waals surface area contributed by atoms with Crippen molar-refractivity contribution in [1.82, 2.24) is 4.98 Å². The maximum absolute atomic E-state index is 8.99. The van der Waals surface area contributed by atoms with E-state index in [4.69, 9.17) is 15.7 Å². The second-order valence-corrected chi connectivity index (χ2v) is 5.08. The molecule has 20 heavy (non-hydrogen) atoms. The Morgan fingerprint density at radius 1 is 1.60 bits per heavy atom. The Kier molecular flexibility index (Phi) is 4.44. The third kappa shape index (κ3) is 2.85. The zero-order valence-corrected chi connectivity index (χ0v) is 12.3. The molecule has 2 heterocycles. The van der Waals surface area contributed by atoms with Gasteiger partial charge < -0.3 is 20.6 Å². The lowest BCUT2D eigenvalue weighted by atomic mass is 10.1. The van der Waals surface area contributed by atoms with Crippen LogP contribution in [-0.2, 0) is 4.74 Å². The largest absolute Gasteiger partial charge is 0.409 e. The van der Waals surface area contributed by atoms with Crippen molar-refractivity contribution < 1.29 is 9.94 Å². The average molecular weight is 278 g/mol. The smallest absolute Gasteiger partial charge is 0.174 e. The molecule has 1 saturated heterocycles. The van der Waals surface area contributed by atoms with Crippen LogP contribution >= 0.6 is 0 Å². The third-order valence-electron chi connectivity index (χ3n) is 3.61. The first-order chi connectivity index (χ1) is 9.56.